The van der Waals surface area contributed by atoms with Crippen LogP contribution in [0.25, 0.3) is 0 Å². The van der Waals surface area contributed by atoms with Gasteiger partial charge in [0.15, 0.2) is 0 Å². The number of benzene rings is 1. The van der Waals surface area contributed by atoms with Crippen LogP contribution in [0.1, 0.15) is 11.7 Å². The first-order chi connectivity index (χ1) is 6.24. The molecule has 1 rings (SSSR count). The second-order valence-electron chi connectivity index (χ2n) is 2.11. The maximum Gasteiger partial charge on any atom is 0.338 e. The predicted octanol–water partition coefficient (Wildman–Crippen LogP) is 2.24. The third kappa shape index (κ3) is 2.66. The molecule has 0 unspecified atom stereocenters. The van der Waals surface area contributed by atoms with Crippen LogP contribution < -0.4 is 0 Å². The zero-order chi connectivity index (χ0) is 9.68. The SMILES string of the molecule is [2H]c1ccc(C(=O)OCCBr)cc1. The molecule has 0 saturated carbocycles. The van der Waals surface area contributed by atoms with Gasteiger partial charge in [-0.2, -0.15) is 0 Å². The molecule has 0 N–H and O–H groups in total. The van der Waals surface area contributed by atoms with Gasteiger partial charge < -0.3 is 4.74 Å². The Labute approximate surface area is 81.1 Å². The highest BCUT2D eigenvalue weighted by Gasteiger charge is 2.03. The lowest BCUT2D eigenvalue weighted by Crippen LogP contribution is -2.06. The van der Waals surface area contributed by atoms with Gasteiger partial charge in [0.1, 0.15) is 6.61 Å². The van der Waals surface area contributed by atoms with E-state index >= 15 is 0 Å². The summed E-state index contributed by atoms with van der Waals surface area (Å²) in [5.74, 6) is -0.348. The molecular formula is C9H9BrO2. The van der Waals surface area contributed by atoms with E-state index in [9.17, 15) is 4.79 Å². The smallest absolute Gasteiger partial charge is 0.338 e. The average molecular weight is 230 g/mol. The molecule has 0 amide bonds. The number of hydrogen-bond acceptors (Lipinski definition) is 2. The minimum absolute atomic E-state index is 0.348. The summed E-state index contributed by atoms with van der Waals surface area (Å²) in [7, 11) is 0. The normalized spacial score (nSPS) is 10.6. The van der Waals surface area contributed by atoms with Crippen molar-refractivity contribution < 1.29 is 10.9 Å². The molecule has 0 aliphatic rings. The molecule has 0 saturated heterocycles. The molecule has 0 fully saturated rings. The average Bonchev–Trinajstić information content (AvgIpc) is 2.15. The summed E-state index contributed by atoms with van der Waals surface area (Å²) in [6.07, 6.45) is 0. The molecule has 0 aliphatic heterocycles. The Balaban J connectivity index is 2.61. The minimum atomic E-state index is -0.348. The van der Waals surface area contributed by atoms with E-state index in [1.165, 1.54) is 0 Å². The van der Waals surface area contributed by atoms with Gasteiger partial charge in [0, 0.05) is 5.33 Å². The third-order valence-corrected chi connectivity index (χ3v) is 1.59. The van der Waals surface area contributed by atoms with E-state index in [0.29, 0.717) is 23.5 Å². The predicted molar refractivity (Wildman–Crippen MR) is 50.5 cm³/mol. The fraction of sp³-hybridized carbons (Fsp3) is 0.222. The van der Waals surface area contributed by atoms with Gasteiger partial charge in [-0.15, -0.1) is 0 Å². The van der Waals surface area contributed by atoms with Crippen LogP contribution in [0, 0.1) is 0 Å². The number of hydrogen-bond donors (Lipinski definition) is 0. The van der Waals surface area contributed by atoms with Crippen LogP contribution in [-0.4, -0.2) is 17.9 Å². The van der Waals surface area contributed by atoms with Crippen LogP contribution in [0.4, 0.5) is 0 Å². The van der Waals surface area contributed by atoms with Crippen LogP contribution in [0.15, 0.2) is 30.3 Å². The Morgan fingerprint density at radius 3 is 2.83 bits per heavy atom. The van der Waals surface area contributed by atoms with E-state index in [4.69, 9.17) is 6.11 Å². The molecule has 64 valence electrons. The van der Waals surface area contributed by atoms with Crippen LogP contribution >= 0.6 is 15.9 Å². The highest BCUT2D eigenvalue weighted by Crippen LogP contribution is 2.00. The summed E-state index contributed by atoms with van der Waals surface area (Å²) in [5, 5.41) is 0.634. The first kappa shape index (κ1) is 7.80. The number of carbonyl (C=O) groups is 1. The van der Waals surface area contributed by atoms with Gasteiger partial charge in [0.05, 0.1) is 6.93 Å². The Morgan fingerprint density at radius 1 is 1.58 bits per heavy atom. The molecular weight excluding hydrogens is 220 g/mol. The topological polar surface area (TPSA) is 26.3 Å². The van der Waals surface area contributed by atoms with Crippen molar-refractivity contribution >= 4 is 21.9 Å². The second kappa shape index (κ2) is 4.93. The zero-order valence-corrected chi connectivity index (χ0v) is 8.00. The minimum Gasteiger partial charge on any atom is -0.461 e. The summed E-state index contributed by atoms with van der Waals surface area (Å²) in [5.41, 5.74) is 0.483. The summed E-state index contributed by atoms with van der Waals surface area (Å²) in [6, 6.07) is 6.67. The fourth-order valence-corrected chi connectivity index (χ4v) is 0.899. The Hall–Kier alpha value is -0.830. The number of ether oxygens (including phenoxy) is 1. The maximum atomic E-state index is 11.2. The van der Waals surface area contributed by atoms with Gasteiger partial charge in [0.2, 0.25) is 0 Å². The zero-order valence-electron chi connectivity index (χ0n) is 7.42. The monoisotopic (exact) mass is 229 g/mol. The molecule has 0 atom stereocenters. The highest BCUT2D eigenvalue weighted by molar-refractivity contribution is 9.09. The number of rotatable bonds is 3. The summed E-state index contributed by atoms with van der Waals surface area (Å²) >= 11 is 3.15. The Bertz CT molecular complexity index is 284. The first-order valence-electron chi connectivity index (χ1n) is 4.04. The van der Waals surface area contributed by atoms with Gasteiger partial charge in [-0.25, -0.2) is 4.79 Å². The van der Waals surface area contributed by atoms with E-state index in [2.05, 4.69) is 15.9 Å². The van der Waals surface area contributed by atoms with Crippen LogP contribution in [0.3, 0.4) is 0 Å². The van der Waals surface area contributed by atoms with E-state index in [0.717, 1.165) is 0 Å². The van der Waals surface area contributed by atoms with E-state index in [-0.39, 0.29) is 5.97 Å². The number of esters is 1. The van der Waals surface area contributed by atoms with E-state index < -0.39 is 0 Å². The second-order valence-corrected chi connectivity index (χ2v) is 2.91. The molecule has 1 aromatic carbocycles. The largest absolute Gasteiger partial charge is 0.461 e. The van der Waals surface area contributed by atoms with Gasteiger partial charge in [-0.3, -0.25) is 0 Å². The first-order valence-corrected chi connectivity index (χ1v) is 4.66. The van der Waals surface area contributed by atoms with Crippen LogP contribution in [0.5, 0.6) is 0 Å². The van der Waals surface area contributed by atoms with Gasteiger partial charge >= 0.3 is 5.97 Å². The molecule has 3 heteroatoms. The number of carbonyl (C=O) groups excluding carboxylic acids is 1. The van der Waals surface area contributed by atoms with E-state index in [1.54, 1.807) is 24.3 Å². The fourth-order valence-electron chi connectivity index (χ4n) is 0.738. The van der Waals surface area contributed by atoms with Crippen molar-refractivity contribution in [3.8, 4) is 0 Å². The molecule has 0 aliphatic carbocycles. The van der Waals surface area contributed by atoms with Crippen LogP contribution in [0.2, 0.25) is 0 Å². The molecule has 0 aromatic heterocycles. The van der Waals surface area contributed by atoms with Crippen molar-refractivity contribution in [2.75, 3.05) is 11.9 Å². The summed E-state index contributed by atoms with van der Waals surface area (Å²) in [4.78, 5) is 11.2. The molecule has 0 radical (unpaired) electrons. The van der Waals surface area contributed by atoms with Gasteiger partial charge in [-0.05, 0) is 12.1 Å². The molecule has 0 heterocycles. The van der Waals surface area contributed by atoms with Crippen molar-refractivity contribution in [1.29, 1.82) is 0 Å². The van der Waals surface area contributed by atoms with Gasteiger partial charge in [0.25, 0.3) is 0 Å². The maximum absolute atomic E-state index is 11.2. The lowest BCUT2D eigenvalue weighted by molar-refractivity contribution is 0.0531. The molecule has 12 heavy (non-hydrogen) atoms. The molecule has 0 spiro atoms. The standard InChI is InChI=1S/C9H9BrO2/c10-6-7-12-9(11)8-4-2-1-3-5-8/h1-5H,6-7H2/i1D. The number of alkyl halides is 1. The molecule has 1 aromatic rings. The highest BCUT2D eigenvalue weighted by atomic mass is 79.9. The van der Waals surface area contributed by atoms with Gasteiger partial charge in [-0.1, -0.05) is 34.1 Å². The summed E-state index contributed by atoms with van der Waals surface area (Å²) < 4.78 is 12.1. The van der Waals surface area contributed by atoms with Crippen molar-refractivity contribution in [1.82, 2.24) is 0 Å². The molecule has 2 nitrogen and oxygen atoms in total. The van der Waals surface area contributed by atoms with Crippen molar-refractivity contribution in [2.45, 2.75) is 0 Å². The lowest BCUT2D eigenvalue weighted by atomic mass is 10.2. The van der Waals surface area contributed by atoms with E-state index in [1.807, 2.05) is 0 Å². The lowest BCUT2D eigenvalue weighted by Gasteiger charge is -2.00. The quantitative estimate of drug-likeness (QED) is 0.588. The van der Waals surface area contributed by atoms with Crippen molar-refractivity contribution in [2.24, 2.45) is 0 Å². The molecule has 0 bridgehead atoms. The van der Waals surface area contributed by atoms with Crippen molar-refractivity contribution in [3.05, 3.63) is 35.9 Å². The summed E-state index contributed by atoms with van der Waals surface area (Å²) in [6.45, 7) is 0.363. The van der Waals surface area contributed by atoms with Crippen LogP contribution in [-0.2, 0) is 4.74 Å². The Kier molecular flexibility index (Phi) is 3.20. The number of halogens is 1. The van der Waals surface area contributed by atoms with Crippen molar-refractivity contribution in [3.63, 3.8) is 0 Å². The Morgan fingerprint density at radius 2 is 2.25 bits per heavy atom. The third-order valence-electron chi connectivity index (χ3n) is 1.26.